The Morgan fingerprint density at radius 3 is 2.38 bits per heavy atom. The van der Waals surface area contributed by atoms with Gasteiger partial charge >= 0.3 is 0 Å². The Morgan fingerprint density at radius 1 is 1.07 bits per heavy atom. The summed E-state index contributed by atoms with van der Waals surface area (Å²) in [5, 5.41) is 11.1. The summed E-state index contributed by atoms with van der Waals surface area (Å²) in [6.07, 6.45) is 0.362. The fourth-order valence-electron chi connectivity index (χ4n) is 2.89. The van der Waals surface area contributed by atoms with Gasteiger partial charge in [0.15, 0.2) is 0 Å². The molecule has 0 radical (unpaired) electrons. The topological polar surface area (TPSA) is 103 Å². The van der Waals surface area contributed by atoms with Crippen LogP contribution in [0.4, 0.5) is 5.69 Å². The van der Waals surface area contributed by atoms with Crippen molar-refractivity contribution in [1.82, 2.24) is 14.9 Å². The second-order valence-corrected chi connectivity index (χ2v) is 7.80. The van der Waals surface area contributed by atoms with Crippen molar-refractivity contribution in [3.63, 3.8) is 0 Å². The molecule has 8 heteroatoms. The molecule has 0 saturated carbocycles. The fourth-order valence-corrected chi connectivity index (χ4v) is 3.54. The highest BCUT2D eigenvalue weighted by molar-refractivity contribution is 7.99. The molecule has 0 atom stereocenters. The summed E-state index contributed by atoms with van der Waals surface area (Å²) in [7, 11) is 0. The number of hydrogen-bond acceptors (Lipinski definition) is 6. The lowest BCUT2D eigenvalue weighted by atomic mass is 9.99. The highest BCUT2D eigenvalue weighted by Gasteiger charge is 2.14. The Morgan fingerprint density at radius 2 is 1.72 bits per heavy atom. The van der Waals surface area contributed by atoms with Crippen molar-refractivity contribution in [3.8, 4) is 0 Å². The van der Waals surface area contributed by atoms with E-state index in [0.717, 1.165) is 38.7 Å². The van der Waals surface area contributed by atoms with Gasteiger partial charge in [-0.05, 0) is 49.6 Å². The molecule has 0 aliphatic heterocycles. The molecule has 3 rings (SSSR count). The third-order valence-electron chi connectivity index (χ3n) is 4.58. The van der Waals surface area contributed by atoms with Gasteiger partial charge in [0.1, 0.15) is 5.69 Å². The molecule has 0 bridgehead atoms. The molecule has 0 fully saturated rings. The number of hydrogen-bond donors (Lipinski definition) is 2. The number of nitrogens with two attached hydrogens (primary N) is 1. The molecule has 2 aromatic carbocycles. The number of carbonyl (C=O) groups is 1. The summed E-state index contributed by atoms with van der Waals surface area (Å²) >= 11 is 1.07. The van der Waals surface area contributed by atoms with Gasteiger partial charge in [0, 0.05) is 12.1 Å². The van der Waals surface area contributed by atoms with Crippen LogP contribution in [-0.2, 0) is 11.2 Å². The molecule has 150 valence electrons. The van der Waals surface area contributed by atoms with E-state index < -0.39 is 5.56 Å². The first-order chi connectivity index (χ1) is 13.8. The van der Waals surface area contributed by atoms with Crippen LogP contribution in [0.15, 0.2) is 52.4 Å². The van der Waals surface area contributed by atoms with Crippen LogP contribution in [0.2, 0.25) is 0 Å². The minimum absolute atomic E-state index is 0.0649. The van der Waals surface area contributed by atoms with E-state index in [2.05, 4.69) is 15.5 Å². The van der Waals surface area contributed by atoms with Crippen LogP contribution in [-0.4, -0.2) is 26.5 Å². The molecule has 1 heterocycles. The van der Waals surface area contributed by atoms with Crippen LogP contribution < -0.4 is 16.7 Å². The standard InChI is InChI=1S/C21H23N5O2S/c1-13-7-9-16(10-8-13)23-19(27)12-29-21-25-24-18(20(28)26(21)22)11-17-14(2)5-4-6-15(17)3/h4-10H,11-12,22H2,1-3H3,(H,23,27). The van der Waals surface area contributed by atoms with Crippen molar-refractivity contribution in [2.75, 3.05) is 16.9 Å². The molecular weight excluding hydrogens is 386 g/mol. The molecule has 0 unspecified atom stereocenters. The maximum Gasteiger partial charge on any atom is 0.294 e. The van der Waals surface area contributed by atoms with Gasteiger partial charge in [-0.2, -0.15) is 4.68 Å². The number of nitrogens with zero attached hydrogens (tertiary/aromatic N) is 3. The number of nitrogens with one attached hydrogen (secondary N) is 1. The number of nitrogen functional groups attached to an aromatic ring is 1. The van der Waals surface area contributed by atoms with Gasteiger partial charge in [-0.1, -0.05) is 47.7 Å². The van der Waals surface area contributed by atoms with Crippen LogP contribution in [0, 0.1) is 20.8 Å². The van der Waals surface area contributed by atoms with E-state index >= 15 is 0 Å². The zero-order chi connectivity index (χ0) is 21.0. The minimum atomic E-state index is -0.413. The highest BCUT2D eigenvalue weighted by Crippen LogP contribution is 2.17. The van der Waals surface area contributed by atoms with Gasteiger partial charge in [0.25, 0.3) is 5.56 Å². The number of amides is 1. The van der Waals surface area contributed by atoms with Crippen LogP contribution in [0.5, 0.6) is 0 Å². The van der Waals surface area contributed by atoms with Gasteiger partial charge in [-0.15, -0.1) is 10.2 Å². The Labute approximate surface area is 173 Å². The number of rotatable bonds is 6. The normalized spacial score (nSPS) is 10.7. The van der Waals surface area contributed by atoms with E-state index in [1.807, 2.05) is 63.2 Å². The average Bonchev–Trinajstić information content (AvgIpc) is 2.69. The van der Waals surface area contributed by atoms with Crippen molar-refractivity contribution >= 4 is 23.4 Å². The molecule has 1 amide bonds. The number of anilines is 1. The smallest absolute Gasteiger partial charge is 0.294 e. The molecular formula is C21H23N5O2S. The first-order valence-electron chi connectivity index (χ1n) is 9.13. The van der Waals surface area contributed by atoms with Crippen LogP contribution in [0.25, 0.3) is 0 Å². The summed E-state index contributed by atoms with van der Waals surface area (Å²) in [4.78, 5) is 24.7. The molecule has 0 spiro atoms. The van der Waals surface area contributed by atoms with Crippen molar-refractivity contribution in [2.24, 2.45) is 0 Å². The molecule has 1 aromatic heterocycles. The largest absolute Gasteiger partial charge is 0.334 e. The lowest BCUT2D eigenvalue weighted by molar-refractivity contribution is -0.113. The third-order valence-corrected chi connectivity index (χ3v) is 5.53. The SMILES string of the molecule is Cc1ccc(NC(=O)CSc2nnc(Cc3c(C)cccc3C)c(=O)n2N)cc1. The number of carbonyl (C=O) groups excluding carboxylic acids is 1. The van der Waals surface area contributed by atoms with Crippen LogP contribution >= 0.6 is 11.8 Å². The van der Waals surface area contributed by atoms with E-state index in [0.29, 0.717) is 12.1 Å². The zero-order valence-corrected chi connectivity index (χ0v) is 17.4. The number of thioether (sulfide) groups is 1. The second-order valence-electron chi connectivity index (χ2n) is 6.85. The van der Waals surface area contributed by atoms with E-state index in [-0.39, 0.29) is 22.5 Å². The maximum absolute atomic E-state index is 12.6. The molecule has 3 N–H and O–H groups in total. The lowest BCUT2D eigenvalue weighted by Gasteiger charge is -2.11. The zero-order valence-electron chi connectivity index (χ0n) is 16.6. The van der Waals surface area contributed by atoms with Crippen molar-refractivity contribution in [1.29, 1.82) is 0 Å². The third kappa shape index (κ3) is 5.03. The molecule has 0 aliphatic carbocycles. The van der Waals surface area contributed by atoms with E-state index in [1.165, 1.54) is 0 Å². The number of aromatic nitrogens is 3. The van der Waals surface area contributed by atoms with Gasteiger partial charge in [-0.25, -0.2) is 0 Å². The molecule has 0 saturated heterocycles. The molecule has 3 aromatic rings. The first-order valence-corrected chi connectivity index (χ1v) is 10.1. The maximum atomic E-state index is 12.6. The number of aryl methyl sites for hydroxylation is 3. The molecule has 29 heavy (non-hydrogen) atoms. The van der Waals surface area contributed by atoms with Gasteiger partial charge in [0.05, 0.1) is 5.75 Å². The predicted molar refractivity (Wildman–Crippen MR) is 116 cm³/mol. The monoisotopic (exact) mass is 409 g/mol. The predicted octanol–water partition coefficient (Wildman–Crippen LogP) is 2.60. The van der Waals surface area contributed by atoms with Crippen molar-refractivity contribution in [3.05, 3.63) is 80.8 Å². The van der Waals surface area contributed by atoms with Crippen molar-refractivity contribution in [2.45, 2.75) is 32.3 Å². The quantitative estimate of drug-likeness (QED) is 0.479. The van der Waals surface area contributed by atoms with Crippen LogP contribution in [0.3, 0.4) is 0 Å². The van der Waals surface area contributed by atoms with Gasteiger partial charge in [-0.3, -0.25) is 9.59 Å². The Balaban J connectivity index is 1.68. The Kier molecular flexibility index (Phi) is 6.33. The molecule has 7 nitrogen and oxygen atoms in total. The summed E-state index contributed by atoms with van der Waals surface area (Å²) in [5.74, 6) is 5.77. The highest BCUT2D eigenvalue weighted by atomic mass is 32.2. The van der Waals surface area contributed by atoms with E-state index in [1.54, 1.807) is 0 Å². The summed E-state index contributed by atoms with van der Waals surface area (Å²) < 4.78 is 0.958. The van der Waals surface area contributed by atoms with E-state index in [4.69, 9.17) is 5.84 Å². The van der Waals surface area contributed by atoms with E-state index in [9.17, 15) is 9.59 Å². The minimum Gasteiger partial charge on any atom is -0.334 e. The van der Waals surface area contributed by atoms with Gasteiger partial charge < -0.3 is 11.2 Å². The lowest BCUT2D eigenvalue weighted by Crippen LogP contribution is -2.34. The average molecular weight is 410 g/mol. The molecule has 0 aliphatic rings. The van der Waals surface area contributed by atoms with Crippen LogP contribution in [0.1, 0.15) is 27.9 Å². The van der Waals surface area contributed by atoms with Gasteiger partial charge in [0.2, 0.25) is 11.1 Å². The number of benzene rings is 2. The second kappa shape index (κ2) is 8.91. The summed E-state index contributed by atoms with van der Waals surface area (Å²) in [6.45, 7) is 5.96. The fraction of sp³-hybridized carbons (Fsp3) is 0.238. The van der Waals surface area contributed by atoms with Crippen molar-refractivity contribution < 1.29 is 4.79 Å². The summed E-state index contributed by atoms with van der Waals surface area (Å²) in [5.41, 5.74) is 4.89. The Hall–Kier alpha value is -3.13. The summed E-state index contributed by atoms with van der Waals surface area (Å²) in [6, 6.07) is 13.5. The first kappa shape index (κ1) is 20.6. The Bertz CT molecular complexity index is 1070.